The van der Waals surface area contributed by atoms with Crippen molar-refractivity contribution in [2.75, 3.05) is 20.2 Å². The molecule has 2 unspecified atom stereocenters. The van der Waals surface area contributed by atoms with Gasteiger partial charge in [-0.05, 0) is 49.4 Å². The van der Waals surface area contributed by atoms with Gasteiger partial charge in [-0.15, -0.1) is 0 Å². The maximum atomic E-state index is 5.43. The second-order valence-electron chi connectivity index (χ2n) is 4.49. The van der Waals surface area contributed by atoms with Crippen molar-refractivity contribution >= 4 is 0 Å². The summed E-state index contributed by atoms with van der Waals surface area (Å²) in [7, 11) is 1.76. The number of benzene rings is 1. The lowest BCUT2D eigenvalue weighted by molar-refractivity contribution is 0.241. The van der Waals surface area contributed by atoms with E-state index in [0.29, 0.717) is 5.92 Å². The first-order valence-corrected chi connectivity index (χ1v) is 6.20. The lowest BCUT2D eigenvalue weighted by Crippen LogP contribution is -2.33. The summed E-state index contributed by atoms with van der Waals surface area (Å²) in [4.78, 5) is 0. The Morgan fingerprint density at radius 2 is 2.12 bits per heavy atom. The van der Waals surface area contributed by atoms with Crippen LogP contribution in [0.25, 0.3) is 0 Å². The molecule has 0 aliphatic heterocycles. The van der Waals surface area contributed by atoms with E-state index in [1.54, 1.807) is 7.11 Å². The van der Waals surface area contributed by atoms with Gasteiger partial charge in [-0.3, -0.25) is 0 Å². The van der Waals surface area contributed by atoms with Crippen LogP contribution in [0.3, 0.4) is 0 Å². The Kier molecular flexibility index (Phi) is 3.83. The molecule has 1 aliphatic rings. The zero-order chi connectivity index (χ0) is 11.4. The molecule has 2 nitrogen and oxygen atoms in total. The lowest BCUT2D eigenvalue weighted by Gasteiger charge is -2.37. The summed E-state index contributed by atoms with van der Waals surface area (Å²) in [5.74, 6) is 2.53. The van der Waals surface area contributed by atoms with Crippen LogP contribution in [0.15, 0.2) is 24.3 Å². The fourth-order valence-corrected chi connectivity index (χ4v) is 2.53. The van der Waals surface area contributed by atoms with Gasteiger partial charge in [0.15, 0.2) is 0 Å². The Hall–Kier alpha value is -1.02. The number of methoxy groups -OCH3 is 1. The molecule has 2 atom stereocenters. The first-order chi connectivity index (χ1) is 7.86. The summed E-state index contributed by atoms with van der Waals surface area (Å²) in [6.07, 6.45) is 2.64. The minimum Gasteiger partial charge on any atom is -0.496 e. The molecule has 0 saturated heterocycles. The molecule has 16 heavy (non-hydrogen) atoms. The average Bonchev–Trinajstić information content (AvgIpc) is 2.29. The SMILES string of the molecule is CCNCC1CCC1c1ccccc1OC. The van der Waals surface area contributed by atoms with Gasteiger partial charge in [0.2, 0.25) is 0 Å². The second kappa shape index (κ2) is 5.35. The molecule has 0 amide bonds. The highest BCUT2D eigenvalue weighted by atomic mass is 16.5. The number of ether oxygens (including phenoxy) is 1. The Bertz CT molecular complexity index is 337. The normalized spacial score (nSPS) is 23.9. The van der Waals surface area contributed by atoms with Crippen molar-refractivity contribution in [3.63, 3.8) is 0 Å². The van der Waals surface area contributed by atoms with Crippen LogP contribution in [-0.2, 0) is 0 Å². The number of hydrogen-bond donors (Lipinski definition) is 1. The van der Waals surface area contributed by atoms with Gasteiger partial charge in [-0.2, -0.15) is 0 Å². The molecule has 1 aromatic rings. The van der Waals surface area contributed by atoms with E-state index in [2.05, 4.69) is 30.4 Å². The minimum atomic E-state index is 0.690. The predicted octanol–water partition coefficient (Wildman–Crippen LogP) is 2.80. The average molecular weight is 219 g/mol. The van der Waals surface area contributed by atoms with Gasteiger partial charge in [0.05, 0.1) is 7.11 Å². The van der Waals surface area contributed by atoms with Gasteiger partial charge < -0.3 is 10.1 Å². The number of para-hydroxylation sites is 1. The monoisotopic (exact) mass is 219 g/mol. The third kappa shape index (κ3) is 2.22. The van der Waals surface area contributed by atoms with Crippen molar-refractivity contribution in [2.24, 2.45) is 5.92 Å². The van der Waals surface area contributed by atoms with Gasteiger partial charge in [0.25, 0.3) is 0 Å². The topological polar surface area (TPSA) is 21.3 Å². The van der Waals surface area contributed by atoms with E-state index in [-0.39, 0.29) is 0 Å². The Balaban J connectivity index is 2.06. The van der Waals surface area contributed by atoms with Gasteiger partial charge in [0, 0.05) is 0 Å². The van der Waals surface area contributed by atoms with Crippen LogP contribution in [0.5, 0.6) is 5.75 Å². The molecule has 1 saturated carbocycles. The molecule has 0 bridgehead atoms. The van der Waals surface area contributed by atoms with E-state index in [9.17, 15) is 0 Å². The minimum absolute atomic E-state index is 0.690. The lowest BCUT2D eigenvalue weighted by atomic mass is 9.69. The summed E-state index contributed by atoms with van der Waals surface area (Å²) in [6, 6.07) is 8.43. The Morgan fingerprint density at radius 1 is 1.31 bits per heavy atom. The Morgan fingerprint density at radius 3 is 2.75 bits per heavy atom. The molecule has 1 aromatic carbocycles. The highest BCUT2D eigenvalue weighted by Crippen LogP contribution is 2.45. The summed E-state index contributed by atoms with van der Waals surface area (Å²) in [6.45, 7) is 4.37. The molecule has 2 heteroatoms. The van der Waals surface area contributed by atoms with Crippen LogP contribution in [0.1, 0.15) is 31.2 Å². The molecule has 1 N–H and O–H groups in total. The van der Waals surface area contributed by atoms with Crippen molar-refractivity contribution < 1.29 is 4.74 Å². The smallest absolute Gasteiger partial charge is 0.122 e. The molecule has 1 fully saturated rings. The number of hydrogen-bond acceptors (Lipinski definition) is 2. The van der Waals surface area contributed by atoms with E-state index >= 15 is 0 Å². The van der Waals surface area contributed by atoms with Crippen molar-refractivity contribution in [1.29, 1.82) is 0 Å². The molecule has 0 spiro atoms. The standard InChI is InChI=1S/C14H21NO/c1-3-15-10-11-8-9-12(11)13-6-4-5-7-14(13)16-2/h4-7,11-12,15H,3,8-10H2,1-2H3. The first-order valence-electron chi connectivity index (χ1n) is 6.20. The van der Waals surface area contributed by atoms with Crippen LogP contribution < -0.4 is 10.1 Å². The quantitative estimate of drug-likeness (QED) is 0.822. The summed E-state index contributed by atoms with van der Waals surface area (Å²) < 4.78 is 5.43. The number of rotatable bonds is 5. The predicted molar refractivity (Wildman–Crippen MR) is 67.0 cm³/mol. The third-order valence-corrected chi connectivity index (χ3v) is 3.61. The fraction of sp³-hybridized carbons (Fsp3) is 0.571. The molecule has 88 valence electrons. The zero-order valence-corrected chi connectivity index (χ0v) is 10.2. The molecule has 0 aromatic heterocycles. The molecule has 1 aliphatic carbocycles. The van der Waals surface area contributed by atoms with E-state index in [1.807, 2.05) is 6.07 Å². The van der Waals surface area contributed by atoms with E-state index < -0.39 is 0 Å². The second-order valence-corrected chi connectivity index (χ2v) is 4.49. The molecular weight excluding hydrogens is 198 g/mol. The van der Waals surface area contributed by atoms with Crippen LogP contribution in [-0.4, -0.2) is 20.2 Å². The molecule has 0 heterocycles. The third-order valence-electron chi connectivity index (χ3n) is 3.61. The maximum absolute atomic E-state index is 5.43. The Labute approximate surface area is 98.0 Å². The highest BCUT2D eigenvalue weighted by Gasteiger charge is 2.33. The summed E-state index contributed by atoms with van der Waals surface area (Å²) >= 11 is 0. The van der Waals surface area contributed by atoms with Gasteiger partial charge in [-0.1, -0.05) is 25.1 Å². The maximum Gasteiger partial charge on any atom is 0.122 e. The van der Waals surface area contributed by atoms with Crippen molar-refractivity contribution in [2.45, 2.75) is 25.7 Å². The molecule has 0 radical (unpaired) electrons. The van der Waals surface area contributed by atoms with E-state index in [0.717, 1.165) is 24.8 Å². The largest absolute Gasteiger partial charge is 0.496 e. The van der Waals surface area contributed by atoms with Gasteiger partial charge in [-0.25, -0.2) is 0 Å². The highest BCUT2D eigenvalue weighted by molar-refractivity contribution is 5.37. The van der Waals surface area contributed by atoms with Crippen LogP contribution >= 0.6 is 0 Å². The van der Waals surface area contributed by atoms with Gasteiger partial charge >= 0.3 is 0 Å². The summed E-state index contributed by atoms with van der Waals surface area (Å²) in [5.41, 5.74) is 1.39. The van der Waals surface area contributed by atoms with E-state index in [1.165, 1.54) is 18.4 Å². The van der Waals surface area contributed by atoms with E-state index in [4.69, 9.17) is 4.74 Å². The fourth-order valence-electron chi connectivity index (χ4n) is 2.53. The van der Waals surface area contributed by atoms with Crippen LogP contribution in [0.2, 0.25) is 0 Å². The number of nitrogens with one attached hydrogen (secondary N) is 1. The van der Waals surface area contributed by atoms with Crippen LogP contribution in [0.4, 0.5) is 0 Å². The molecular formula is C14H21NO. The molecule has 2 rings (SSSR count). The van der Waals surface area contributed by atoms with Gasteiger partial charge in [0.1, 0.15) is 5.75 Å². The zero-order valence-electron chi connectivity index (χ0n) is 10.2. The van der Waals surface area contributed by atoms with Crippen LogP contribution in [0, 0.1) is 5.92 Å². The van der Waals surface area contributed by atoms with Crippen molar-refractivity contribution in [1.82, 2.24) is 5.32 Å². The summed E-state index contributed by atoms with van der Waals surface area (Å²) in [5, 5.41) is 3.45. The van der Waals surface area contributed by atoms with Crippen molar-refractivity contribution in [3.05, 3.63) is 29.8 Å². The van der Waals surface area contributed by atoms with Crippen molar-refractivity contribution in [3.8, 4) is 5.75 Å². The first kappa shape index (κ1) is 11.5.